The zero-order chi connectivity index (χ0) is 18.1. The van der Waals surface area contributed by atoms with Crippen molar-refractivity contribution in [3.8, 4) is 0 Å². The van der Waals surface area contributed by atoms with Crippen molar-refractivity contribution in [3.05, 3.63) is 75.3 Å². The van der Waals surface area contributed by atoms with E-state index in [4.69, 9.17) is 4.42 Å². The Morgan fingerprint density at radius 3 is 2.73 bits per heavy atom. The first-order valence-electron chi connectivity index (χ1n) is 8.44. The van der Waals surface area contributed by atoms with Gasteiger partial charge in [0.25, 0.3) is 5.56 Å². The van der Waals surface area contributed by atoms with Gasteiger partial charge in [-0.05, 0) is 30.8 Å². The first-order chi connectivity index (χ1) is 12.7. The number of fused-ring (bicyclic) bond motifs is 2. The molecule has 4 aromatic rings. The van der Waals surface area contributed by atoms with E-state index in [0.717, 1.165) is 5.52 Å². The molecule has 0 radical (unpaired) electrons. The summed E-state index contributed by atoms with van der Waals surface area (Å²) in [5.74, 6) is 0.168. The number of para-hydroxylation sites is 3. The summed E-state index contributed by atoms with van der Waals surface area (Å²) in [4.78, 5) is 33.8. The fourth-order valence-electron chi connectivity index (χ4n) is 3.03. The van der Waals surface area contributed by atoms with Gasteiger partial charge >= 0.3 is 5.76 Å². The average Bonchev–Trinajstić information content (AvgIpc) is 2.96. The maximum Gasteiger partial charge on any atom is 0.421 e. The molecule has 0 unspecified atom stereocenters. The number of H-pyrrole nitrogens is 1. The average molecular weight is 350 g/mol. The second-order valence-electron chi connectivity index (χ2n) is 6.08. The third kappa shape index (κ3) is 2.93. The second kappa shape index (κ2) is 6.61. The molecular weight excluding hydrogens is 332 g/mol. The van der Waals surface area contributed by atoms with E-state index in [0.29, 0.717) is 42.1 Å². The highest BCUT2D eigenvalue weighted by atomic mass is 16.4. The summed E-state index contributed by atoms with van der Waals surface area (Å²) in [5, 5.41) is 0.566. The van der Waals surface area contributed by atoms with Gasteiger partial charge in [0.2, 0.25) is 0 Å². The van der Waals surface area contributed by atoms with Crippen molar-refractivity contribution >= 4 is 22.0 Å². The van der Waals surface area contributed by atoms with E-state index in [1.165, 1.54) is 0 Å². The van der Waals surface area contributed by atoms with Crippen LogP contribution in [0, 0.1) is 0 Å². The lowest BCUT2D eigenvalue weighted by molar-refractivity contribution is 0.211. The minimum atomic E-state index is -0.399. The number of hydrogen-bond donors (Lipinski definition) is 1. The molecule has 0 bridgehead atoms. The van der Waals surface area contributed by atoms with Crippen molar-refractivity contribution < 1.29 is 4.42 Å². The van der Waals surface area contributed by atoms with E-state index < -0.39 is 5.76 Å². The number of hydrogen-bond acceptors (Lipinski definition) is 5. The minimum absolute atomic E-state index is 0.160. The van der Waals surface area contributed by atoms with Gasteiger partial charge < -0.3 is 9.40 Å². The number of nitrogens with one attached hydrogen (secondary N) is 1. The molecule has 0 saturated heterocycles. The van der Waals surface area contributed by atoms with Crippen LogP contribution in [0.25, 0.3) is 22.0 Å². The largest absolute Gasteiger partial charge is 0.421 e. The van der Waals surface area contributed by atoms with Crippen LogP contribution in [0.3, 0.4) is 0 Å². The molecule has 0 spiro atoms. The third-order valence-corrected chi connectivity index (χ3v) is 4.40. The Morgan fingerprint density at radius 1 is 1.12 bits per heavy atom. The quantitative estimate of drug-likeness (QED) is 0.597. The highest BCUT2D eigenvalue weighted by Gasteiger charge is 2.13. The first kappa shape index (κ1) is 16.3. The van der Waals surface area contributed by atoms with Crippen LogP contribution in [0.15, 0.2) is 62.5 Å². The Kier molecular flexibility index (Phi) is 4.14. The fraction of sp³-hybridized carbons (Fsp3) is 0.211. The number of benzene rings is 2. The Labute approximate surface area is 148 Å². The maximum atomic E-state index is 12.2. The summed E-state index contributed by atoms with van der Waals surface area (Å²) in [5.41, 5.74) is 1.81. The van der Waals surface area contributed by atoms with Gasteiger partial charge in [0.05, 0.1) is 29.6 Å². The fourth-order valence-corrected chi connectivity index (χ4v) is 3.03. The van der Waals surface area contributed by atoms with Crippen molar-refractivity contribution in [2.45, 2.75) is 20.1 Å². The van der Waals surface area contributed by atoms with Crippen molar-refractivity contribution in [2.75, 3.05) is 6.54 Å². The van der Waals surface area contributed by atoms with Gasteiger partial charge in [0.15, 0.2) is 5.58 Å². The van der Waals surface area contributed by atoms with Crippen LogP contribution >= 0.6 is 0 Å². The molecule has 2 heterocycles. The van der Waals surface area contributed by atoms with Gasteiger partial charge in [-0.1, -0.05) is 31.2 Å². The van der Waals surface area contributed by atoms with Crippen LogP contribution in [0.2, 0.25) is 0 Å². The van der Waals surface area contributed by atoms with E-state index in [-0.39, 0.29) is 5.56 Å². The van der Waals surface area contributed by atoms with E-state index in [2.05, 4.69) is 9.97 Å². The predicted octanol–water partition coefficient (Wildman–Crippen LogP) is 2.31. The molecule has 0 aliphatic heterocycles. The van der Waals surface area contributed by atoms with Crippen LogP contribution in [0.5, 0.6) is 0 Å². The standard InChI is InChI=1S/C19H18N4O3/c1-2-22(12-23-15-9-5-6-10-16(15)26-19(23)25)11-17-20-14-8-4-3-7-13(14)18(24)21-17/h3-10H,2,11-12H2,1H3,(H,20,21,24). The Balaban J connectivity index is 1.65. The molecule has 2 aromatic carbocycles. The normalized spacial score (nSPS) is 11.6. The molecule has 0 amide bonds. The monoisotopic (exact) mass is 350 g/mol. The molecule has 7 heteroatoms. The SMILES string of the molecule is CCN(Cc1nc2ccccc2c(=O)[nH]1)Cn1c(=O)oc2ccccc21. The Hall–Kier alpha value is -3.19. The van der Waals surface area contributed by atoms with E-state index in [9.17, 15) is 9.59 Å². The molecule has 132 valence electrons. The first-order valence-corrected chi connectivity index (χ1v) is 8.44. The number of nitrogens with zero attached hydrogens (tertiary/aromatic N) is 3. The van der Waals surface area contributed by atoms with Gasteiger partial charge in [-0.25, -0.2) is 9.78 Å². The third-order valence-electron chi connectivity index (χ3n) is 4.40. The van der Waals surface area contributed by atoms with Crippen LogP contribution in [0.4, 0.5) is 0 Å². The molecule has 2 aromatic heterocycles. The molecule has 0 atom stereocenters. The number of rotatable bonds is 5. The second-order valence-corrected chi connectivity index (χ2v) is 6.08. The van der Waals surface area contributed by atoms with Crippen LogP contribution in [-0.2, 0) is 13.2 Å². The summed E-state index contributed by atoms with van der Waals surface area (Å²) in [7, 11) is 0. The molecule has 0 aliphatic rings. The molecule has 4 rings (SSSR count). The topological polar surface area (TPSA) is 84.1 Å². The Morgan fingerprint density at radius 2 is 1.88 bits per heavy atom. The van der Waals surface area contributed by atoms with Crippen molar-refractivity contribution in [3.63, 3.8) is 0 Å². The summed E-state index contributed by atoms with van der Waals surface area (Å²) >= 11 is 0. The van der Waals surface area contributed by atoms with Crippen molar-refractivity contribution in [1.82, 2.24) is 19.4 Å². The molecule has 0 saturated carbocycles. The zero-order valence-corrected chi connectivity index (χ0v) is 14.3. The number of aromatic nitrogens is 3. The summed E-state index contributed by atoms with van der Waals surface area (Å²) in [6.45, 7) is 3.44. The molecule has 0 fully saturated rings. The van der Waals surface area contributed by atoms with Crippen LogP contribution in [0.1, 0.15) is 12.7 Å². The van der Waals surface area contributed by atoms with E-state index in [1.807, 2.05) is 48.2 Å². The lowest BCUT2D eigenvalue weighted by Crippen LogP contribution is -2.31. The summed E-state index contributed by atoms with van der Waals surface area (Å²) < 4.78 is 6.86. The predicted molar refractivity (Wildman–Crippen MR) is 98.9 cm³/mol. The van der Waals surface area contributed by atoms with Gasteiger partial charge in [0.1, 0.15) is 5.82 Å². The summed E-state index contributed by atoms with van der Waals surface area (Å²) in [6, 6.07) is 14.6. The smallest absolute Gasteiger partial charge is 0.408 e. The number of aromatic amines is 1. The molecule has 26 heavy (non-hydrogen) atoms. The molecule has 7 nitrogen and oxygen atoms in total. The van der Waals surface area contributed by atoms with E-state index in [1.54, 1.807) is 16.7 Å². The zero-order valence-electron chi connectivity index (χ0n) is 14.3. The molecule has 0 aliphatic carbocycles. The van der Waals surface area contributed by atoms with Crippen LogP contribution < -0.4 is 11.3 Å². The van der Waals surface area contributed by atoms with Crippen molar-refractivity contribution in [1.29, 1.82) is 0 Å². The van der Waals surface area contributed by atoms with Gasteiger partial charge in [-0.3, -0.25) is 14.3 Å². The highest BCUT2D eigenvalue weighted by Crippen LogP contribution is 2.13. The number of oxazole rings is 1. The molecule has 1 N–H and O–H groups in total. The lowest BCUT2D eigenvalue weighted by Gasteiger charge is -2.20. The highest BCUT2D eigenvalue weighted by molar-refractivity contribution is 5.77. The molecular formula is C19H18N4O3. The van der Waals surface area contributed by atoms with Crippen LogP contribution in [-0.4, -0.2) is 26.0 Å². The van der Waals surface area contributed by atoms with E-state index >= 15 is 0 Å². The van der Waals surface area contributed by atoms with Gasteiger partial charge in [-0.2, -0.15) is 0 Å². The Bertz CT molecular complexity index is 1190. The van der Waals surface area contributed by atoms with Crippen molar-refractivity contribution in [2.24, 2.45) is 0 Å². The summed E-state index contributed by atoms with van der Waals surface area (Å²) in [6.07, 6.45) is 0. The van der Waals surface area contributed by atoms with Gasteiger partial charge in [0, 0.05) is 0 Å². The van der Waals surface area contributed by atoms with Gasteiger partial charge in [-0.15, -0.1) is 0 Å². The minimum Gasteiger partial charge on any atom is -0.408 e. The maximum absolute atomic E-state index is 12.2. The lowest BCUT2D eigenvalue weighted by atomic mass is 10.2.